The Hall–Kier alpha value is -0.850. The van der Waals surface area contributed by atoms with Gasteiger partial charge < -0.3 is 0 Å². The largest absolute Gasteiger partial charge is 0.223 e. The summed E-state index contributed by atoms with van der Waals surface area (Å²) in [5, 5.41) is 8.06. The summed E-state index contributed by atoms with van der Waals surface area (Å²) >= 11 is 10.7. The Bertz CT molecular complexity index is 309. The van der Waals surface area contributed by atoms with Crippen LogP contribution in [0.3, 0.4) is 0 Å². The highest BCUT2D eigenvalue weighted by Gasteiger charge is 2.08. The molecule has 0 saturated heterocycles. The number of halogens is 3. The fraction of sp³-hybridized carbons (Fsp3) is 0. The number of nitriles is 1. The lowest BCUT2D eigenvalue weighted by Crippen LogP contribution is -1.88. The van der Waals surface area contributed by atoms with Crippen LogP contribution in [0.1, 0.15) is 5.56 Å². The van der Waals surface area contributed by atoms with Gasteiger partial charge in [0.1, 0.15) is 22.6 Å². The van der Waals surface area contributed by atoms with Gasteiger partial charge in [-0.2, -0.15) is 5.26 Å². The van der Waals surface area contributed by atoms with E-state index in [0.717, 1.165) is 6.07 Å². The molecule has 0 bridgehead atoms. The standard InChI is InChI=1S/C6HCl2FN2/c7-5-1-4(9)3(2-10)6(8)11-5/h1H. The summed E-state index contributed by atoms with van der Waals surface area (Å²) in [4.78, 5) is 3.47. The molecule has 0 spiro atoms. The first-order valence-electron chi connectivity index (χ1n) is 2.57. The maximum atomic E-state index is 12.7. The lowest BCUT2D eigenvalue weighted by molar-refractivity contribution is 0.621. The van der Waals surface area contributed by atoms with Crippen LogP contribution in [0.4, 0.5) is 4.39 Å². The van der Waals surface area contributed by atoms with Gasteiger partial charge in [0.25, 0.3) is 0 Å². The van der Waals surface area contributed by atoms with Gasteiger partial charge in [-0.3, -0.25) is 0 Å². The molecule has 56 valence electrons. The van der Waals surface area contributed by atoms with Crippen molar-refractivity contribution in [2.24, 2.45) is 0 Å². The van der Waals surface area contributed by atoms with Gasteiger partial charge in [0.05, 0.1) is 0 Å². The molecule has 0 amide bonds. The zero-order valence-corrected chi connectivity index (χ0v) is 6.62. The van der Waals surface area contributed by atoms with Crippen molar-refractivity contribution in [2.45, 2.75) is 0 Å². The minimum atomic E-state index is -0.752. The van der Waals surface area contributed by atoms with Gasteiger partial charge in [0.2, 0.25) is 0 Å². The fourth-order valence-electron chi connectivity index (χ4n) is 0.557. The third kappa shape index (κ3) is 1.59. The Morgan fingerprint density at radius 1 is 1.55 bits per heavy atom. The maximum absolute atomic E-state index is 12.7. The summed E-state index contributed by atoms with van der Waals surface area (Å²) in [6.45, 7) is 0. The first-order valence-corrected chi connectivity index (χ1v) is 3.32. The van der Waals surface area contributed by atoms with Crippen LogP contribution in [-0.4, -0.2) is 4.98 Å². The van der Waals surface area contributed by atoms with E-state index in [1.54, 1.807) is 6.07 Å². The molecule has 1 aromatic rings. The summed E-state index contributed by atoms with van der Waals surface area (Å²) in [5.74, 6) is -0.752. The van der Waals surface area contributed by atoms with Crippen LogP contribution in [0.5, 0.6) is 0 Å². The topological polar surface area (TPSA) is 36.7 Å². The molecule has 1 heterocycles. The Balaban J connectivity index is 3.40. The van der Waals surface area contributed by atoms with Gasteiger partial charge in [0.15, 0.2) is 5.15 Å². The summed E-state index contributed by atoms with van der Waals surface area (Å²) in [7, 11) is 0. The zero-order chi connectivity index (χ0) is 8.43. The summed E-state index contributed by atoms with van der Waals surface area (Å²) in [5.41, 5.74) is -0.281. The minimum Gasteiger partial charge on any atom is -0.223 e. The monoisotopic (exact) mass is 190 g/mol. The Morgan fingerprint density at radius 2 is 2.18 bits per heavy atom. The summed E-state index contributed by atoms with van der Waals surface area (Å²) in [6, 6.07) is 2.50. The molecule has 1 rings (SSSR count). The molecule has 0 aliphatic carbocycles. The Kier molecular flexibility index (Phi) is 2.28. The number of nitrogens with zero attached hydrogens (tertiary/aromatic N) is 2. The van der Waals surface area contributed by atoms with E-state index < -0.39 is 5.82 Å². The average molecular weight is 191 g/mol. The van der Waals surface area contributed by atoms with Crippen LogP contribution in [0.15, 0.2) is 6.07 Å². The molecule has 0 fully saturated rings. The van der Waals surface area contributed by atoms with Crippen molar-refractivity contribution in [3.63, 3.8) is 0 Å². The molecule has 0 aliphatic rings. The molecule has 0 saturated carbocycles. The molecule has 2 nitrogen and oxygen atoms in total. The van der Waals surface area contributed by atoms with E-state index in [1.165, 1.54) is 0 Å². The van der Waals surface area contributed by atoms with E-state index in [1.807, 2.05) is 0 Å². The molecule has 0 N–H and O–H groups in total. The van der Waals surface area contributed by atoms with Gasteiger partial charge in [0, 0.05) is 6.07 Å². The van der Waals surface area contributed by atoms with Crippen molar-refractivity contribution in [1.82, 2.24) is 4.98 Å². The number of pyridine rings is 1. The molecule has 0 aliphatic heterocycles. The maximum Gasteiger partial charge on any atom is 0.151 e. The second-order valence-electron chi connectivity index (χ2n) is 1.70. The van der Waals surface area contributed by atoms with Crippen molar-refractivity contribution in [3.8, 4) is 6.07 Å². The van der Waals surface area contributed by atoms with Gasteiger partial charge in [-0.25, -0.2) is 9.37 Å². The minimum absolute atomic E-state index is 0.0634. The molecule has 5 heteroatoms. The van der Waals surface area contributed by atoms with E-state index in [4.69, 9.17) is 28.5 Å². The SMILES string of the molecule is N#Cc1c(F)cc(Cl)nc1Cl. The number of rotatable bonds is 0. The summed E-state index contributed by atoms with van der Waals surface area (Å²) in [6.07, 6.45) is 0. The van der Waals surface area contributed by atoms with Gasteiger partial charge >= 0.3 is 0 Å². The van der Waals surface area contributed by atoms with Crippen LogP contribution in [-0.2, 0) is 0 Å². The van der Waals surface area contributed by atoms with Crippen molar-refractivity contribution in [1.29, 1.82) is 5.26 Å². The highest BCUT2D eigenvalue weighted by atomic mass is 35.5. The van der Waals surface area contributed by atoms with Crippen LogP contribution in [0.2, 0.25) is 10.3 Å². The third-order valence-electron chi connectivity index (χ3n) is 1.01. The van der Waals surface area contributed by atoms with Gasteiger partial charge in [-0.05, 0) is 0 Å². The molecular formula is C6HCl2FN2. The zero-order valence-electron chi connectivity index (χ0n) is 5.11. The predicted molar refractivity (Wildman–Crippen MR) is 38.9 cm³/mol. The van der Waals surface area contributed by atoms with E-state index in [-0.39, 0.29) is 15.9 Å². The van der Waals surface area contributed by atoms with Gasteiger partial charge in [-0.15, -0.1) is 0 Å². The highest BCUT2D eigenvalue weighted by molar-refractivity contribution is 6.33. The van der Waals surface area contributed by atoms with Crippen molar-refractivity contribution in [2.75, 3.05) is 0 Å². The predicted octanol–water partition coefficient (Wildman–Crippen LogP) is 2.40. The smallest absolute Gasteiger partial charge is 0.151 e. The fourth-order valence-corrected chi connectivity index (χ4v) is 1.00. The second kappa shape index (κ2) is 3.04. The highest BCUT2D eigenvalue weighted by Crippen LogP contribution is 2.19. The van der Waals surface area contributed by atoms with E-state index >= 15 is 0 Å². The Labute approximate surface area is 72.2 Å². The van der Waals surface area contributed by atoms with E-state index in [0.29, 0.717) is 0 Å². The van der Waals surface area contributed by atoms with Crippen molar-refractivity contribution < 1.29 is 4.39 Å². The Morgan fingerprint density at radius 3 is 2.64 bits per heavy atom. The molecule has 0 unspecified atom stereocenters. The molecule has 1 aromatic heterocycles. The normalized spacial score (nSPS) is 9.27. The van der Waals surface area contributed by atoms with Crippen LogP contribution in [0.25, 0.3) is 0 Å². The first kappa shape index (κ1) is 8.25. The van der Waals surface area contributed by atoms with Crippen molar-refractivity contribution in [3.05, 3.63) is 27.8 Å². The van der Waals surface area contributed by atoms with E-state index in [9.17, 15) is 4.39 Å². The average Bonchev–Trinajstić information content (AvgIpc) is 1.85. The molecular weight excluding hydrogens is 190 g/mol. The molecule has 0 aromatic carbocycles. The second-order valence-corrected chi connectivity index (χ2v) is 2.45. The molecule has 11 heavy (non-hydrogen) atoms. The lowest BCUT2D eigenvalue weighted by atomic mass is 10.3. The third-order valence-corrected chi connectivity index (χ3v) is 1.47. The quantitative estimate of drug-likeness (QED) is 0.590. The van der Waals surface area contributed by atoms with Crippen LogP contribution in [0, 0.1) is 17.1 Å². The van der Waals surface area contributed by atoms with Gasteiger partial charge in [-0.1, -0.05) is 23.2 Å². The van der Waals surface area contributed by atoms with Crippen molar-refractivity contribution >= 4 is 23.2 Å². The molecule has 0 radical (unpaired) electrons. The number of hydrogen-bond donors (Lipinski definition) is 0. The van der Waals surface area contributed by atoms with Crippen LogP contribution >= 0.6 is 23.2 Å². The van der Waals surface area contributed by atoms with E-state index in [2.05, 4.69) is 4.98 Å². The first-order chi connectivity index (χ1) is 5.15. The summed E-state index contributed by atoms with van der Waals surface area (Å²) < 4.78 is 12.7. The molecule has 0 atom stereocenters. The van der Waals surface area contributed by atoms with Crippen LogP contribution < -0.4 is 0 Å². The number of hydrogen-bond acceptors (Lipinski definition) is 2. The lowest BCUT2D eigenvalue weighted by Gasteiger charge is -1.95. The number of aromatic nitrogens is 1.